The topological polar surface area (TPSA) is 6.48 Å². The van der Waals surface area contributed by atoms with Crippen LogP contribution in [-0.4, -0.2) is 0 Å². The van der Waals surface area contributed by atoms with Crippen molar-refractivity contribution in [3.8, 4) is 22.3 Å². The Balaban J connectivity index is 1.31. The molecular weight excluding hydrogens is 725 g/mol. The summed E-state index contributed by atoms with van der Waals surface area (Å²) in [5.74, 6) is 0. The van der Waals surface area contributed by atoms with Gasteiger partial charge in [-0.2, -0.15) is 0 Å². The van der Waals surface area contributed by atoms with Gasteiger partial charge in [0.15, 0.2) is 0 Å². The molecule has 286 valence electrons. The van der Waals surface area contributed by atoms with E-state index in [0.717, 1.165) is 34.1 Å². The lowest BCUT2D eigenvalue weighted by Crippen LogP contribution is -2.33. The number of anilines is 6. The predicted octanol–water partition coefficient (Wildman–Crippen LogP) is 15.3. The molecule has 9 aromatic carbocycles. The molecule has 2 heteroatoms. The lowest BCUT2D eigenvalue weighted by atomic mass is 9.63. The Bertz CT molecular complexity index is 2780. The van der Waals surface area contributed by atoms with Crippen LogP contribution < -0.4 is 9.80 Å². The molecule has 0 aromatic heterocycles. The minimum absolute atomic E-state index is 0.247. The van der Waals surface area contributed by atoms with Gasteiger partial charge in [-0.05, 0) is 122 Å². The fourth-order valence-corrected chi connectivity index (χ4v) is 10.4. The van der Waals surface area contributed by atoms with Crippen molar-refractivity contribution in [3.63, 3.8) is 0 Å². The first-order valence-electron chi connectivity index (χ1n) is 20.9. The number of nitrogens with zero attached hydrogens (tertiary/aromatic N) is 2. The number of rotatable bonds is 8. The van der Waals surface area contributed by atoms with Crippen molar-refractivity contribution in [2.24, 2.45) is 0 Å². The highest BCUT2D eigenvalue weighted by Gasteiger charge is 2.51. The quantitative estimate of drug-likeness (QED) is 0.152. The maximum Gasteiger partial charge on any atom is 0.0718 e. The maximum atomic E-state index is 2.48. The standard InChI is InChI=1S/C58H44N2/c1-57(2)52-34-18-15-32-50(52)51-33-21-37-55(56(51)57)58(53-35-19-16-30-48(53)49-31-17-20-36-54(49)58)41-38-46(59(42-22-7-3-8-23-42)43-24-9-4-10-25-43)40-47(39-41)60(44-26-11-5-12-27-44)45-28-13-6-14-29-45/h3-40H,1-2H3. The Kier molecular flexibility index (Phi) is 8.42. The molecule has 0 radical (unpaired) electrons. The van der Waals surface area contributed by atoms with E-state index in [-0.39, 0.29) is 5.41 Å². The summed E-state index contributed by atoms with van der Waals surface area (Å²) in [6.45, 7) is 4.84. The van der Waals surface area contributed by atoms with Gasteiger partial charge in [0.05, 0.1) is 5.41 Å². The third-order valence-corrected chi connectivity index (χ3v) is 12.8. The normalized spacial score (nSPS) is 13.8. The zero-order valence-corrected chi connectivity index (χ0v) is 33.8. The SMILES string of the molecule is CC1(C)c2ccccc2-c2cccc(C3(c4cc(N(c5ccccc5)c5ccccc5)cc(N(c5ccccc5)c5ccccc5)c4)c4ccccc4-c4ccccc43)c21. The van der Waals surface area contributed by atoms with Crippen molar-refractivity contribution < 1.29 is 0 Å². The van der Waals surface area contributed by atoms with Crippen LogP contribution in [0.3, 0.4) is 0 Å². The monoisotopic (exact) mass is 768 g/mol. The summed E-state index contributed by atoms with van der Waals surface area (Å²) < 4.78 is 0. The van der Waals surface area contributed by atoms with Crippen molar-refractivity contribution in [2.75, 3.05) is 9.80 Å². The van der Waals surface area contributed by atoms with Crippen LogP contribution in [0.15, 0.2) is 231 Å². The summed E-state index contributed by atoms with van der Waals surface area (Å²) in [5, 5.41) is 0. The van der Waals surface area contributed by atoms with Gasteiger partial charge >= 0.3 is 0 Å². The highest BCUT2D eigenvalue weighted by atomic mass is 15.2. The van der Waals surface area contributed by atoms with E-state index in [2.05, 4.69) is 254 Å². The van der Waals surface area contributed by atoms with E-state index in [4.69, 9.17) is 0 Å². The first-order valence-corrected chi connectivity index (χ1v) is 20.9. The second-order valence-electron chi connectivity index (χ2n) is 16.5. The van der Waals surface area contributed by atoms with Crippen molar-refractivity contribution in [1.29, 1.82) is 0 Å². The molecule has 2 aliphatic carbocycles. The van der Waals surface area contributed by atoms with Crippen LogP contribution in [0.25, 0.3) is 22.3 Å². The number of fused-ring (bicyclic) bond motifs is 6. The van der Waals surface area contributed by atoms with Gasteiger partial charge in [-0.1, -0.05) is 178 Å². The highest BCUT2D eigenvalue weighted by molar-refractivity contribution is 5.92. The molecule has 0 aliphatic heterocycles. The zero-order chi connectivity index (χ0) is 40.3. The molecule has 0 unspecified atom stereocenters. The summed E-state index contributed by atoms with van der Waals surface area (Å²) in [6.07, 6.45) is 0. The number of benzene rings is 9. The Morgan fingerprint density at radius 3 is 1.05 bits per heavy atom. The van der Waals surface area contributed by atoms with Gasteiger partial charge in [0.25, 0.3) is 0 Å². The number of hydrogen-bond donors (Lipinski definition) is 0. The average Bonchev–Trinajstić information content (AvgIpc) is 3.74. The van der Waals surface area contributed by atoms with Crippen LogP contribution in [0.1, 0.15) is 47.2 Å². The number of hydrogen-bond acceptors (Lipinski definition) is 2. The van der Waals surface area contributed by atoms with Crippen LogP contribution in [0.4, 0.5) is 34.1 Å². The van der Waals surface area contributed by atoms with Gasteiger partial charge < -0.3 is 9.80 Å². The number of para-hydroxylation sites is 4. The van der Waals surface area contributed by atoms with Crippen LogP contribution in [0.2, 0.25) is 0 Å². The summed E-state index contributed by atoms with van der Waals surface area (Å²) in [6, 6.07) is 84.8. The van der Waals surface area contributed by atoms with Crippen LogP contribution in [0.5, 0.6) is 0 Å². The van der Waals surface area contributed by atoms with E-state index in [1.54, 1.807) is 0 Å². The zero-order valence-electron chi connectivity index (χ0n) is 33.8. The van der Waals surface area contributed by atoms with E-state index in [1.165, 1.54) is 55.6 Å². The lowest BCUT2D eigenvalue weighted by molar-refractivity contribution is 0.631. The fraction of sp³-hybridized carbons (Fsp3) is 0.0690. The highest BCUT2D eigenvalue weighted by Crippen LogP contribution is 2.62. The Morgan fingerprint density at radius 1 is 0.283 bits per heavy atom. The van der Waals surface area contributed by atoms with Gasteiger partial charge in [0.2, 0.25) is 0 Å². The van der Waals surface area contributed by atoms with Crippen molar-refractivity contribution in [3.05, 3.63) is 264 Å². The first-order chi connectivity index (χ1) is 29.5. The molecule has 0 spiro atoms. The van der Waals surface area contributed by atoms with Crippen LogP contribution >= 0.6 is 0 Å². The third kappa shape index (κ3) is 5.41. The maximum absolute atomic E-state index is 2.48. The van der Waals surface area contributed by atoms with Crippen molar-refractivity contribution >= 4 is 34.1 Å². The Hall–Kier alpha value is -7.42. The van der Waals surface area contributed by atoms with E-state index >= 15 is 0 Å². The lowest BCUT2D eigenvalue weighted by Gasteiger charge is -2.39. The molecule has 11 rings (SSSR count). The summed E-state index contributed by atoms with van der Waals surface area (Å²) in [7, 11) is 0. The molecule has 2 aliphatic rings. The van der Waals surface area contributed by atoms with Gasteiger partial charge in [0.1, 0.15) is 0 Å². The molecule has 0 heterocycles. The molecular formula is C58H44N2. The van der Waals surface area contributed by atoms with Crippen LogP contribution in [-0.2, 0) is 10.8 Å². The fourth-order valence-electron chi connectivity index (χ4n) is 10.4. The van der Waals surface area contributed by atoms with E-state index < -0.39 is 5.41 Å². The van der Waals surface area contributed by atoms with E-state index in [1.807, 2.05) is 0 Å². The summed E-state index contributed by atoms with van der Waals surface area (Å²) in [4.78, 5) is 4.83. The van der Waals surface area contributed by atoms with Gasteiger partial charge in [-0.3, -0.25) is 0 Å². The van der Waals surface area contributed by atoms with Gasteiger partial charge in [0, 0.05) is 39.5 Å². The van der Waals surface area contributed by atoms with E-state index in [0.29, 0.717) is 0 Å². The first kappa shape index (κ1) is 35.7. The largest absolute Gasteiger partial charge is 0.310 e. The van der Waals surface area contributed by atoms with Gasteiger partial charge in [-0.15, -0.1) is 0 Å². The summed E-state index contributed by atoms with van der Waals surface area (Å²) >= 11 is 0. The third-order valence-electron chi connectivity index (χ3n) is 12.8. The molecule has 0 amide bonds. The summed E-state index contributed by atoms with van der Waals surface area (Å²) in [5.41, 5.74) is 18.7. The molecule has 0 fully saturated rings. The van der Waals surface area contributed by atoms with E-state index in [9.17, 15) is 0 Å². The molecule has 2 nitrogen and oxygen atoms in total. The second-order valence-corrected chi connectivity index (χ2v) is 16.5. The van der Waals surface area contributed by atoms with Crippen molar-refractivity contribution in [1.82, 2.24) is 0 Å². The molecule has 9 aromatic rings. The predicted molar refractivity (Wildman–Crippen MR) is 251 cm³/mol. The minimum Gasteiger partial charge on any atom is -0.310 e. The average molecular weight is 769 g/mol. The van der Waals surface area contributed by atoms with Crippen molar-refractivity contribution in [2.45, 2.75) is 24.7 Å². The molecule has 0 bridgehead atoms. The van der Waals surface area contributed by atoms with Crippen LogP contribution in [0, 0.1) is 0 Å². The Labute approximate surface area is 353 Å². The molecule has 0 saturated heterocycles. The molecule has 0 saturated carbocycles. The second kappa shape index (κ2) is 14.1. The van der Waals surface area contributed by atoms with Gasteiger partial charge in [-0.25, -0.2) is 0 Å². The minimum atomic E-state index is -0.680. The smallest absolute Gasteiger partial charge is 0.0718 e. The Morgan fingerprint density at radius 2 is 0.617 bits per heavy atom. The molecule has 0 atom stereocenters. The molecule has 60 heavy (non-hydrogen) atoms. The molecule has 0 N–H and O–H groups in total.